The molecule has 0 bridgehead atoms. The van der Waals surface area contributed by atoms with E-state index < -0.39 is 0 Å². The minimum Gasteiger partial charge on any atom is -0.316 e. The van der Waals surface area contributed by atoms with E-state index in [0.29, 0.717) is 17.6 Å². The summed E-state index contributed by atoms with van der Waals surface area (Å²) in [6.45, 7) is 5.77. The number of carbonyl (C=O) groups excluding carboxylic acids is 1. The van der Waals surface area contributed by atoms with Crippen LogP contribution in [-0.4, -0.2) is 18.9 Å². The van der Waals surface area contributed by atoms with Gasteiger partial charge in [-0.05, 0) is 19.4 Å². The predicted octanol–water partition coefficient (Wildman–Crippen LogP) is 0.821. The van der Waals surface area contributed by atoms with Gasteiger partial charge in [0.15, 0.2) is 0 Å². The summed E-state index contributed by atoms with van der Waals surface area (Å²) in [5.74, 6) is 1.24. The second-order valence-corrected chi connectivity index (χ2v) is 3.04. The minimum absolute atomic E-state index is 0.296. The van der Waals surface area contributed by atoms with Gasteiger partial charge in [0.2, 0.25) is 0 Å². The van der Waals surface area contributed by atoms with E-state index in [1.54, 1.807) is 6.92 Å². The van der Waals surface area contributed by atoms with Crippen LogP contribution in [0.5, 0.6) is 0 Å². The molecular weight excluding hydrogens is 126 g/mol. The van der Waals surface area contributed by atoms with Crippen LogP contribution >= 0.6 is 0 Å². The van der Waals surface area contributed by atoms with E-state index in [9.17, 15) is 4.79 Å². The maximum absolute atomic E-state index is 11.0. The fraction of sp³-hybridized carbons (Fsp3) is 0.875. The van der Waals surface area contributed by atoms with Crippen molar-refractivity contribution in [2.24, 2.45) is 11.8 Å². The minimum atomic E-state index is 0.296. The Hall–Kier alpha value is -0.370. The van der Waals surface area contributed by atoms with E-state index in [-0.39, 0.29) is 0 Å². The zero-order valence-corrected chi connectivity index (χ0v) is 6.68. The van der Waals surface area contributed by atoms with Crippen LogP contribution < -0.4 is 5.32 Å². The second kappa shape index (κ2) is 3.15. The van der Waals surface area contributed by atoms with Gasteiger partial charge in [0.1, 0.15) is 5.78 Å². The topological polar surface area (TPSA) is 29.1 Å². The van der Waals surface area contributed by atoms with Gasteiger partial charge in [0, 0.05) is 12.5 Å². The SMILES string of the molecule is CCC1CNCC1C(C)=O. The van der Waals surface area contributed by atoms with Crippen molar-refractivity contribution in [2.75, 3.05) is 13.1 Å². The summed E-state index contributed by atoms with van der Waals surface area (Å²) in [5, 5.41) is 3.23. The second-order valence-electron chi connectivity index (χ2n) is 3.04. The highest BCUT2D eigenvalue weighted by Crippen LogP contribution is 2.20. The average Bonchev–Trinajstić information content (AvgIpc) is 2.33. The van der Waals surface area contributed by atoms with E-state index in [1.165, 1.54) is 0 Å². The van der Waals surface area contributed by atoms with Crippen LogP contribution in [0.1, 0.15) is 20.3 Å². The molecule has 0 saturated carbocycles. The van der Waals surface area contributed by atoms with Crippen molar-refractivity contribution >= 4 is 5.78 Å². The van der Waals surface area contributed by atoms with Gasteiger partial charge in [-0.25, -0.2) is 0 Å². The third-order valence-corrected chi connectivity index (χ3v) is 2.39. The zero-order valence-electron chi connectivity index (χ0n) is 6.68. The van der Waals surface area contributed by atoms with Crippen LogP contribution in [-0.2, 0) is 4.79 Å². The number of Topliss-reactive ketones (excluding diaryl/α,β-unsaturated/α-hetero) is 1. The first-order valence-corrected chi connectivity index (χ1v) is 3.97. The Morgan fingerprint density at radius 2 is 2.30 bits per heavy atom. The van der Waals surface area contributed by atoms with Crippen molar-refractivity contribution in [2.45, 2.75) is 20.3 Å². The lowest BCUT2D eigenvalue weighted by Crippen LogP contribution is -2.19. The van der Waals surface area contributed by atoms with Crippen LogP contribution in [0.25, 0.3) is 0 Å². The molecule has 58 valence electrons. The van der Waals surface area contributed by atoms with Crippen LogP contribution in [0.3, 0.4) is 0 Å². The molecule has 0 spiro atoms. The quantitative estimate of drug-likeness (QED) is 0.617. The molecule has 1 rings (SSSR count). The Bertz CT molecular complexity index is 133. The molecule has 1 aliphatic heterocycles. The largest absolute Gasteiger partial charge is 0.316 e. The lowest BCUT2D eigenvalue weighted by molar-refractivity contribution is -0.121. The molecule has 0 aromatic carbocycles. The van der Waals surface area contributed by atoms with Gasteiger partial charge >= 0.3 is 0 Å². The first-order valence-electron chi connectivity index (χ1n) is 3.97. The molecule has 2 nitrogen and oxygen atoms in total. The number of hydrogen-bond acceptors (Lipinski definition) is 2. The van der Waals surface area contributed by atoms with Crippen molar-refractivity contribution in [3.05, 3.63) is 0 Å². The van der Waals surface area contributed by atoms with E-state index in [0.717, 1.165) is 19.5 Å². The fourth-order valence-corrected chi connectivity index (χ4v) is 1.64. The van der Waals surface area contributed by atoms with Crippen molar-refractivity contribution in [3.8, 4) is 0 Å². The standard InChI is InChI=1S/C8H15NO/c1-3-7-4-9-5-8(7)6(2)10/h7-9H,3-5H2,1-2H3. The van der Waals surface area contributed by atoms with Crippen molar-refractivity contribution in [1.29, 1.82) is 0 Å². The van der Waals surface area contributed by atoms with Crippen molar-refractivity contribution < 1.29 is 4.79 Å². The summed E-state index contributed by atoms with van der Waals surface area (Å²) < 4.78 is 0. The molecule has 1 fully saturated rings. The van der Waals surface area contributed by atoms with Crippen LogP contribution in [0.15, 0.2) is 0 Å². The molecule has 2 atom stereocenters. The average molecular weight is 141 g/mol. The Morgan fingerprint density at radius 3 is 2.70 bits per heavy atom. The number of carbonyl (C=O) groups is 1. The van der Waals surface area contributed by atoms with E-state index in [2.05, 4.69) is 12.2 Å². The molecule has 1 saturated heterocycles. The lowest BCUT2D eigenvalue weighted by Gasteiger charge is -2.11. The van der Waals surface area contributed by atoms with Gasteiger partial charge in [-0.3, -0.25) is 4.79 Å². The molecule has 2 heteroatoms. The summed E-state index contributed by atoms with van der Waals surface area (Å²) in [7, 11) is 0. The Balaban J connectivity index is 2.50. The van der Waals surface area contributed by atoms with Gasteiger partial charge in [-0.2, -0.15) is 0 Å². The highest BCUT2D eigenvalue weighted by Gasteiger charge is 2.28. The smallest absolute Gasteiger partial charge is 0.134 e. The molecule has 1 aliphatic rings. The zero-order chi connectivity index (χ0) is 7.56. The number of hydrogen-bond donors (Lipinski definition) is 1. The highest BCUT2D eigenvalue weighted by molar-refractivity contribution is 5.79. The maximum Gasteiger partial charge on any atom is 0.134 e. The lowest BCUT2D eigenvalue weighted by atomic mass is 9.91. The number of ketones is 1. The third kappa shape index (κ3) is 1.37. The summed E-state index contributed by atoms with van der Waals surface area (Å²) in [6, 6.07) is 0. The Morgan fingerprint density at radius 1 is 1.60 bits per heavy atom. The molecule has 0 aliphatic carbocycles. The monoisotopic (exact) mass is 141 g/mol. The van der Waals surface area contributed by atoms with Crippen molar-refractivity contribution in [3.63, 3.8) is 0 Å². The predicted molar refractivity (Wildman–Crippen MR) is 40.8 cm³/mol. The molecular formula is C8H15NO. The molecule has 0 aromatic heterocycles. The molecule has 1 N–H and O–H groups in total. The molecule has 0 aromatic rings. The summed E-state index contributed by atoms with van der Waals surface area (Å²) in [6.07, 6.45) is 1.12. The van der Waals surface area contributed by atoms with E-state index in [1.807, 2.05) is 0 Å². The molecule has 2 unspecified atom stereocenters. The Kier molecular flexibility index (Phi) is 2.44. The van der Waals surface area contributed by atoms with Gasteiger partial charge in [-0.1, -0.05) is 13.3 Å². The van der Waals surface area contributed by atoms with Gasteiger partial charge in [0.05, 0.1) is 0 Å². The molecule has 1 heterocycles. The fourth-order valence-electron chi connectivity index (χ4n) is 1.64. The summed E-state index contributed by atoms with van der Waals surface area (Å²) in [5.41, 5.74) is 0. The first kappa shape index (κ1) is 7.73. The van der Waals surface area contributed by atoms with Crippen molar-refractivity contribution in [1.82, 2.24) is 5.32 Å². The normalized spacial score (nSPS) is 32.6. The van der Waals surface area contributed by atoms with E-state index >= 15 is 0 Å². The summed E-state index contributed by atoms with van der Waals surface area (Å²) in [4.78, 5) is 11.0. The van der Waals surface area contributed by atoms with Crippen LogP contribution in [0.4, 0.5) is 0 Å². The van der Waals surface area contributed by atoms with Gasteiger partial charge in [0.25, 0.3) is 0 Å². The van der Waals surface area contributed by atoms with E-state index in [4.69, 9.17) is 0 Å². The Labute approximate surface area is 62.0 Å². The third-order valence-electron chi connectivity index (χ3n) is 2.39. The number of nitrogens with one attached hydrogen (secondary N) is 1. The van der Waals surface area contributed by atoms with Crippen LogP contribution in [0.2, 0.25) is 0 Å². The highest BCUT2D eigenvalue weighted by atomic mass is 16.1. The summed E-state index contributed by atoms with van der Waals surface area (Å²) >= 11 is 0. The van der Waals surface area contributed by atoms with Gasteiger partial charge < -0.3 is 5.32 Å². The first-order chi connectivity index (χ1) is 4.75. The molecule has 10 heavy (non-hydrogen) atoms. The van der Waals surface area contributed by atoms with Gasteiger partial charge in [-0.15, -0.1) is 0 Å². The molecule has 0 amide bonds. The number of rotatable bonds is 2. The maximum atomic E-state index is 11.0. The molecule has 0 radical (unpaired) electrons. The van der Waals surface area contributed by atoms with Crippen LogP contribution in [0, 0.1) is 11.8 Å².